The second kappa shape index (κ2) is 11.5. The number of carbonyl (C=O) groups excluding carboxylic acids is 1. The minimum Gasteiger partial charge on any atom is -0.352 e. The maximum atomic E-state index is 14.2. The molecule has 0 fully saturated rings. The second-order valence-electron chi connectivity index (χ2n) is 8.23. The fourth-order valence-electron chi connectivity index (χ4n) is 3.94. The quantitative estimate of drug-likeness (QED) is 0.305. The van der Waals surface area contributed by atoms with Crippen molar-refractivity contribution in [2.24, 2.45) is 0 Å². The summed E-state index contributed by atoms with van der Waals surface area (Å²) in [6.07, 6.45) is 2.24. The van der Waals surface area contributed by atoms with Crippen molar-refractivity contribution in [2.75, 3.05) is 0 Å². The topological polar surface area (TPSA) is 73.1 Å². The van der Waals surface area contributed by atoms with E-state index in [0.29, 0.717) is 53.0 Å². The van der Waals surface area contributed by atoms with Crippen LogP contribution in [0.1, 0.15) is 36.8 Å². The van der Waals surface area contributed by atoms with Crippen LogP contribution in [0.5, 0.6) is 0 Å². The summed E-state index contributed by atoms with van der Waals surface area (Å²) in [6, 6.07) is 15.4. The molecule has 0 aliphatic rings. The Kier molecular flexibility index (Phi) is 8.15. The zero-order valence-corrected chi connectivity index (χ0v) is 20.6. The van der Waals surface area contributed by atoms with Gasteiger partial charge < -0.3 is 5.32 Å². The molecule has 0 spiro atoms. The van der Waals surface area contributed by atoms with Gasteiger partial charge in [-0.2, -0.15) is 0 Å². The number of rotatable bonds is 10. The van der Waals surface area contributed by atoms with Crippen LogP contribution >= 0.6 is 22.9 Å². The van der Waals surface area contributed by atoms with E-state index < -0.39 is 11.5 Å². The van der Waals surface area contributed by atoms with E-state index >= 15 is 0 Å². The van der Waals surface area contributed by atoms with Crippen LogP contribution in [0.15, 0.2) is 69.6 Å². The van der Waals surface area contributed by atoms with Crippen molar-refractivity contribution >= 4 is 39.1 Å². The van der Waals surface area contributed by atoms with Gasteiger partial charge in [-0.1, -0.05) is 54.4 Å². The summed E-state index contributed by atoms with van der Waals surface area (Å²) in [4.78, 5) is 38.2. The number of unbranched alkanes of at least 4 members (excludes halogenated alkanes) is 2. The Hall–Kier alpha value is -3.23. The van der Waals surface area contributed by atoms with Gasteiger partial charge in [0.1, 0.15) is 10.5 Å². The Labute approximate surface area is 210 Å². The molecule has 0 saturated carbocycles. The number of nitrogens with one attached hydrogen (secondary N) is 1. The average molecular weight is 514 g/mol. The molecule has 0 aliphatic carbocycles. The van der Waals surface area contributed by atoms with Crippen LogP contribution in [0.25, 0.3) is 10.2 Å². The number of hydrogen-bond acceptors (Lipinski definition) is 4. The second-order valence-corrected chi connectivity index (χ2v) is 9.55. The van der Waals surface area contributed by atoms with Crippen LogP contribution in [0.4, 0.5) is 4.39 Å². The zero-order valence-electron chi connectivity index (χ0n) is 19.0. The van der Waals surface area contributed by atoms with Gasteiger partial charge >= 0.3 is 5.69 Å². The molecule has 1 N–H and O–H groups in total. The third kappa shape index (κ3) is 5.89. The first-order valence-electron chi connectivity index (χ1n) is 11.4. The molecule has 182 valence electrons. The molecule has 0 unspecified atom stereocenters. The summed E-state index contributed by atoms with van der Waals surface area (Å²) >= 11 is 7.37. The number of hydrogen-bond donors (Lipinski definition) is 1. The first-order valence-corrected chi connectivity index (χ1v) is 12.7. The molecule has 4 rings (SSSR count). The van der Waals surface area contributed by atoms with E-state index in [2.05, 4.69) is 5.32 Å². The molecule has 1 amide bonds. The highest BCUT2D eigenvalue weighted by Gasteiger charge is 2.15. The Morgan fingerprint density at radius 1 is 0.943 bits per heavy atom. The number of amides is 1. The van der Waals surface area contributed by atoms with Gasteiger partial charge in [0.2, 0.25) is 5.91 Å². The van der Waals surface area contributed by atoms with Crippen LogP contribution in [-0.2, 0) is 24.4 Å². The Balaban J connectivity index is 1.37. The average Bonchev–Trinajstić information content (AvgIpc) is 3.34. The van der Waals surface area contributed by atoms with Crippen LogP contribution in [0.2, 0.25) is 5.02 Å². The van der Waals surface area contributed by atoms with E-state index in [0.717, 1.165) is 5.56 Å². The van der Waals surface area contributed by atoms with Gasteiger partial charge in [-0.3, -0.25) is 18.7 Å². The Bertz CT molecular complexity index is 1460. The predicted molar refractivity (Wildman–Crippen MR) is 138 cm³/mol. The van der Waals surface area contributed by atoms with Crippen molar-refractivity contribution in [3.8, 4) is 0 Å². The highest BCUT2D eigenvalue weighted by Crippen LogP contribution is 2.18. The number of fused-ring (bicyclic) bond motifs is 1. The van der Waals surface area contributed by atoms with Gasteiger partial charge in [-0.15, -0.1) is 11.3 Å². The normalized spacial score (nSPS) is 11.1. The van der Waals surface area contributed by atoms with Crippen molar-refractivity contribution in [3.05, 3.63) is 103 Å². The highest BCUT2D eigenvalue weighted by molar-refractivity contribution is 7.17. The molecule has 2 aromatic carbocycles. The number of nitrogens with zero attached hydrogens (tertiary/aromatic N) is 2. The van der Waals surface area contributed by atoms with Gasteiger partial charge in [-0.25, -0.2) is 9.18 Å². The molecule has 4 aromatic rings. The first-order chi connectivity index (χ1) is 17.0. The molecule has 2 aromatic heterocycles. The SMILES string of the molecule is O=C(CCCCCn1c(=O)c2sccc2n(Cc2ccccc2F)c1=O)NCc1ccccc1Cl. The summed E-state index contributed by atoms with van der Waals surface area (Å²) in [6.45, 7) is 0.658. The number of thiophene rings is 1. The van der Waals surface area contributed by atoms with E-state index in [1.807, 2.05) is 18.2 Å². The molecule has 9 heteroatoms. The standard InChI is InChI=1S/C26H25ClFN3O3S/c27-20-10-5-3-8-18(20)16-29-23(32)12-2-1-7-14-30-25(33)24-22(13-15-35-24)31(26(30)34)17-19-9-4-6-11-21(19)28/h3-6,8-11,13,15H,1-2,7,12,14,16-17H2,(H,29,32). The lowest BCUT2D eigenvalue weighted by Crippen LogP contribution is -2.40. The maximum absolute atomic E-state index is 14.2. The van der Waals surface area contributed by atoms with Crippen molar-refractivity contribution in [1.82, 2.24) is 14.5 Å². The highest BCUT2D eigenvalue weighted by atomic mass is 35.5. The van der Waals surface area contributed by atoms with E-state index in [1.165, 1.54) is 26.5 Å². The van der Waals surface area contributed by atoms with Crippen molar-refractivity contribution in [1.29, 1.82) is 0 Å². The minimum atomic E-state index is -0.457. The van der Waals surface area contributed by atoms with Gasteiger partial charge in [0.25, 0.3) is 5.56 Å². The molecule has 6 nitrogen and oxygen atoms in total. The predicted octanol–water partition coefficient (Wildman–Crippen LogP) is 4.94. The summed E-state index contributed by atoms with van der Waals surface area (Å²) in [7, 11) is 0. The van der Waals surface area contributed by atoms with Crippen molar-refractivity contribution in [3.63, 3.8) is 0 Å². The molecule has 0 aliphatic heterocycles. The molecular formula is C26H25ClFN3O3S. The number of halogens is 2. The fraction of sp³-hybridized carbons (Fsp3) is 0.269. The van der Waals surface area contributed by atoms with Crippen LogP contribution in [0, 0.1) is 5.82 Å². The summed E-state index contributed by atoms with van der Waals surface area (Å²) in [5.74, 6) is -0.470. The van der Waals surface area contributed by atoms with Gasteiger partial charge in [0.05, 0.1) is 12.1 Å². The fourth-order valence-corrected chi connectivity index (χ4v) is 4.98. The van der Waals surface area contributed by atoms with E-state index in [-0.39, 0.29) is 24.6 Å². The zero-order chi connectivity index (χ0) is 24.8. The van der Waals surface area contributed by atoms with Crippen LogP contribution in [0.3, 0.4) is 0 Å². The van der Waals surface area contributed by atoms with Crippen molar-refractivity contribution in [2.45, 2.75) is 45.3 Å². The molecule has 0 bridgehead atoms. The van der Waals surface area contributed by atoms with Crippen LogP contribution < -0.4 is 16.6 Å². The Morgan fingerprint density at radius 3 is 2.46 bits per heavy atom. The lowest BCUT2D eigenvalue weighted by atomic mass is 10.1. The lowest BCUT2D eigenvalue weighted by molar-refractivity contribution is -0.121. The monoisotopic (exact) mass is 513 g/mol. The molecule has 0 saturated heterocycles. The third-order valence-corrected chi connectivity index (χ3v) is 7.10. The minimum absolute atomic E-state index is 0.0463. The van der Waals surface area contributed by atoms with Crippen molar-refractivity contribution < 1.29 is 9.18 Å². The smallest absolute Gasteiger partial charge is 0.331 e. The summed E-state index contributed by atoms with van der Waals surface area (Å²) < 4.78 is 17.4. The van der Waals surface area contributed by atoms with Gasteiger partial charge in [-0.05, 0) is 42.0 Å². The van der Waals surface area contributed by atoms with E-state index in [1.54, 1.807) is 35.7 Å². The molecule has 0 atom stereocenters. The van der Waals surface area contributed by atoms with Gasteiger partial charge in [0.15, 0.2) is 0 Å². The first kappa shape index (κ1) is 24.9. The number of benzene rings is 2. The largest absolute Gasteiger partial charge is 0.352 e. The lowest BCUT2D eigenvalue weighted by Gasteiger charge is -2.13. The van der Waals surface area contributed by atoms with E-state index in [9.17, 15) is 18.8 Å². The third-order valence-electron chi connectivity index (χ3n) is 5.84. The summed E-state index contributed by atoms with van der Waals surface area (Å²) in [5, 5.41) is 5.23. The number of carbonyl (C=O) groups is 1. The molecular weight excluding hydrogens is 489 g/mol. The van der Waals surface area contributed by atoms with E-state index in [4.69, 9.17) is 11.6 Å². The molecule has 2 heterocycles. The maximum Gasteiger partial charge on any atom is 0.331 e. The Morgan fingerprint density at radius 2 is 1.69 bits per heavy atom. The molecule has 35 heavy (non-hydrogen) atoms. The number of aromatic nitrogens is 2. The summed E-state index contributed by atoms with van der Waals surface area (Å²) in [5.41, 5.74) is 0.969. The molecule has 0 radical (unpaired) electrons. The van der Waals surface area contributed by atoms with Crippen LogP contribution in [-0.4, -0.2) is 15.0 Å². The van der Waals surface area contributed by atoms with Gasteiger partial charge in [0, 0.05) is 30.1 Å².